The molecule has 0 bridgehead atoms. The largest absolute Gasteiger partial charge is 0.395 e. The Bertz CT molecular complexity index is 517. The number of hydrogen-bond donors (Lipinski definition) is 1. The summed E-state index contributed by atoms with van der Waals surface area (Å²) in [6.07, 6.45) is 1.36. The van der Waals surface area contributed by atoms with E-state index < -0.39 is 34.7 Å². The van der Waals surface area contributed by atoms with Crippen LogP contribution in [0.1, 0.15) is 23.2 Å². The van der Waals surface area contributed by atoms with Crippen molar-refractivity contribution in [3.63, 3.8) is 0 Å². The van der Waals surface area contributed by atoms with Crippen LogP contribution >= 0.6 is 0 Å². The van der Waals surface area contributed by atoms with E-state index in [4.69, 9.17) is 5.11 Å². The van der Waals surface area contributed by atoms with Crippen LogP contribution in [-0.4, -0.2) is 35.1 Å². The van der Waals surface area contributed by atoms with Crippen molar-refractivity contribution < 1.29 is 27.5 Å². The van der Waals surface area contributed by atoms with Crippen LogP contribution in [-0.2, 0) is 0 Å². The predicted molar refractivity (Wildman–Crippen MR) is 57.4 cm³/mol. The highest BCUT2D eigenvalue weighted by Crippen LogP contribution is 2.29. The lowest BCUT2D eigenvalue weighted by atomic mass is 10.1. The number of hydrogen-bond acceptors (Lipinski definition) is 2. The lowest BCUT2D eigenvalue weighted by molar-refractivity contribution is 0.0700. The van der Waals surface area contributed by atoms with Crippen molar-refractivity contribution in [3.8, 4) is 0 Å². The SMILES string of the molecule is O=C(c1cc(F)c(F)c(F)c1F)N(CCO)C1CC1. The molecule has 1 aliphatic rings. The summed E-state index contributed by atoms with van der Waals surface area (Å²) in [6, 6.07) is 0.165. The average Bonchev–Trinajstić information content (AvgIpc) is 3.21. The van der Waals surface area contributed by atoms with Gasteiger partial charge in [0, 0.05) is 12.6 Å². The minimum absolute atomic E-state index is 0.0659. The Morgan fingerprint density at radius 2 is 1.84 bits per heavy atom. The molecule has 1 aromatic rings. The number of halogens is 4. The second kappa shape index (κ2) is 5.16. The van der Waals surface area contributed by atoms with Crippen LogP contribution in [0.5, 0.6) is 0 Å². The first-order valence-corrected chi connectivity index (χ1v) is 5.72. The smallest absolute Gasteiger partial charge is 0.257 e. The minimum atomic E-state index is -2.01. The monoisotopic (exact) mass is 277 g/mol. The molecule has 0 atom stereocenters. The van der Waals surface area contributed by atoms with Crippen molar-refractivity contribution in [1.29, 1.82) is 0 Å². The van der Waals surface area contributed by atoms with E-state index in [2.05, 4.69) is 0 Å². The van der Waals surface area contributed by atoms with E-state index in [0.717, 1.165) is 4.90 Å². The number of rotatable bonds is 4. The van der Waals surface area contributed by atoms with Crippen LogP contribution in [0.3, 0.4) is 0 Å². The maximum atomic E-state index is 13.5. The van der Waals surface area contributed by atoms with Gasteiger partial charge in [-0.2, -0.15) is 0 Å². The van der Waals surface area contributed by atoms with Gasteiger partial charge in [-0.3, -0.25) is 4.79 Å². The number of aliphatic hydroxyl groups is 1. The second-order valence-corrected chi connectivity index (χ2v) is 4.30. The molecule has 2 rings (SSSR count). The summed E-state index contributed by atoms with van der Waals surface area (Å²) in [4.78, 5) is 13.1. The Kier molecular flexibility index (Phi) is 3.75. The molecule has 0 spiro atoms. The molecule has 0 unspecified atom stereocenters. The lowest BCUT2D eigenvalue weighted by Gasteiger charge is -2.21. The molecule has 1 amide bonds. The van der Waals surface area contributed by atoms with Crippen molar-refractivity contribution >= 4 is 5.91 Å². The number of amides is 1. The van der Waals surface area contributed by atoms with E-state index in [1.54, 1.807) is 0 Å². The number of carbonyl (C=O) groups excluding carboxylic acids is 1. The zero-order chi connectivity index (χ0) is 14.2. The molecule has 1 saturated carbocycles. The molecule has 104 valence electrons. The summed E-state index contributed by atoms with van der Waals surface area (Å²) >= 11 is 0. The van der Waals surface area contributed by atoms with Gasteiger partial charge in [-0.05, 0) is 18.9 Å². The molecule has 0 aromatic heterocycles. The first kappa shape index (κ1) is 13.8. The number of aliphatic hydroxyl groups excluding tert-OH is 1. The molecule has 0 saturated heterocycles. The van der Waals surface area contributed by atoms with Crippen molar-refractivity contribution in [2.24, 2.45) is 0 Å². The quantitative estimate of drug-likeness (QED) is 0.518. The van der Waals surface area contributed by atoms with Gasteiger partial charge in [0.1, 0.15) is 0 Å². The van der Waals surface area contributed by atoms with Gasteiger partial charge in [-0.15, -0.1) is 0 Å². The van der Waals surface area contributed by atoms with E-state index in [-0.39, 0.29) is 19.2 Å². The van der Waals surface area contributed by atoms with Gasteiger partial charge in [0.15, 0.2) is 23.3 Å². The fourth-order valence-corrected chi connectivity index (χ4v) is 1.83. The van der Waals surface area contributed by atoms with Gasteiger partial charge in [-0.25, -0.2) is 17.6 Å². The Balaban J connectivity index is 2.37. The van der Waals surface area contributed by atoms with Gasteiger partial charge in [0.2, 0.25) is 0 Å². The van der Waals surface area contributed by atoms with Crippen LogP contribution < -0.4 is 0 Å². The Morgan fingerprint density at radius 3 is 2.37 bits per heavy atom. The van der Waals surface area contributed by atoms with E-state index in [9.17, 15) is 22.4 Å². The summed E-state index contributed by atoms with van der Waals surface area (Å²) in [7, 11) is 0. The topological polar surface area (TPSA) is 40.5 Å². The van der Waals surface area contributed by atoms with E-state index in [1.165, 1.54) is 0 Å². The standard InChI is InChI=1S/C12H11F4NO2/c13-8-5-7(9(14)11(16)10(8)15)12(19)17(3-4-18)6-1-2-6/h5-6,18H,1-4H2. The van der Waals surface area contributed by atoms with E-state index in [0.29, 0.717) is 18.9 Å². The second-order valence-electron chi connectivity index (χ2n) is 4.30. The molecule has 1 aromatic carbocycles. The first-order chi connectivity index (χ1) is 8.97. The predicted octanol–water partition coefficient (Wildman–Crippen LogP) is 1.84. The molecule has 0 radical (unpaired) electrons. The molecule has 0 heterocycles. The first-order valence-electron chi connectivity index (χ1n) is 5.72. The van der Waals surface area contributed by atoms with Gasteiger partial charge >= 0.3 is 0 Å². The van der Waals surface area contributed by atoms with Gasteiger partial charge in [0.25, 0.3) is 5.91 Å². The van der Waals surface area contributed by atoms with Crippen LogP contribution in [0, 0.1) is 23.3 Å². The highest BCUT2D eigenvalue weighted by Gasteiger charge is 2.35. The van der Waals surface area contributed by atoms with Gasteiger partial charge in [-0.1, -0.05) is 0 Å². The van der Waals surface area contributed by atoms with Gasteiger partial charge < -0.3 is 10.0 Å². The minimum Gasteiger partial charge on any atom is -0.395 e. The summed E-state index contributed by atoms with van der Waals surface area (Å²) in [6.45, 7) is -0.417. The highest BCUT2D eigenvalue weighted by molar-refractivity contribution is 5.95. The van der Waals surface area contributed by atoms with Crippen LogP contribution in [0.4, 0.5) is 17.6 Å². The van der Waals surface area contributed by atoms with Crippen molar-refractivity contribution in [3.05, 3.63) is 34.9 Å². The summed E-state index contributed by atoms with van der Waals surface area (Å²) < 4.78 is 52.4. The summed E-state index contributed by atoms with van der Waals surface area (Å²) in [5.74, 6) is -8.25. The number of nitrogens with zero attached hydrogens (tertiary/aromatic N) is 1. The van der Waals surface area contributed by atoms with Gasteiger partial charge in [0.05, 0.1) is 12.2 Å². The number of benzene rings is 1. The maximum Gasteiger partial charge on any atom is 0.257 e. The maximum absolute atomic E-state index is 13.5. The molecule has 19 heavy (non-hydrogen) atoms. The van der Waals surface area contributed by atoms with E-state index >= 15 is 0 Å². The van der Waals surface area contributed by atoms with Crippen molar-refractivity contribution in [2.75, 3.05) is 13.2 Å². The Hall–Kier alpha value is -1.63. The highest BCUT2D eigenvalue weighted by atomic mass is 19.2. The average molecular weight is 277 g/mol. The molecule has 1 fully saturated rings. The third kappa shape index (κ3) is 2.56. The fourth-order valence-electron chi connectivity index (χ4n) is 1.83. The lowest BCUT2D eigenvalue weighted by Crippen LogP contribution is -2.36. The molecule has 1 N–H and O–H groups in total. The molecule has 0 aliphatic heterocycles. The Labute approximate surface area is 106 Å². The third-order valence-electron chi connectivity index (χ3n) is 2.92. The van der Waals surface area contributed by atoms with Crippen LogP contribution in [0.15, 0.2) is 6.07 Å². The Morgan fingerprint density at radius 1 is 1.21 bits per heavy atom. The van der Waals surface area contributed by atoms with Crippen LogP contribution in [0.2, 0.25) is 0 Å². The molecule has 7 heteroatoms. The fraction of sp³-hybridized carbons (Fsp3) is 0.417. The van der Waals surface area contributed by atoms with Crippen LogP contribution in [0.25, 0.3) is 0 Å². The summed E-state index contributed by atoms with van der Waals surface area (Å²) in [5.41, 5.74) is -0.864. The third-order valence-corrected chi connectivity index (χ3v) is 2.92. The van der Waals surface area contributed by atoms with Crippen molar-refractivity contribution in [2.45, 2.75) is 18.9 Å². The molecule has 3 nitrogen and oxygen atoms in total. The zero-order valence-corrected chi connectivity index (χ0v) is 9.80. The normalized spacial score (nSPS) is 14.6. The van der Waals surface area contributed by atoms with E-state index in [1.807, 2.05) is 0 Å². The molecule has 1 aliphatic carbocycles. The zero-order valence-electron chi connectivity index (χ0n) is 9.80. The summed E-state index contributed by atoms with van der Waals surface area (Å²) in [5, 5.41) is 8.84. The molecular weight excluding hydrogens is 266 g/mol. The number of carbonyl (C=O) groups is 1. The molecular formula is C12H11F4NO2. The van der Waals surface area contributed by atoms with Crippen molar-refractivity contribution in [1.82, 2.24) is 4.90 Å².